The number of fused-ring (bicyclic) bond motifs is 1. The maximum Gasteiger partial charge on any atom is 0.110 e. The fourth-order valence-electron chi connectivity index (χ4n) is 3.30. The van der Waals surface area contributed by atoms with Gasteiger partial charge in [0.2, 0.25) is 0 Å². The number of hydrogen-bond acceptors (Lipinski definition) is 3. The first-order valence-electron chi connectivity index (χ1n) is 7.88. The molecular formula is C17H19N3O. The van der Waals surface area contributed by atoms with Crippen molar-refractivity contribution < 1.29 is 4.74 Å². The second-order valence-electron chi connectivity index (χ2n) is 6.12. The molecule has 0 bridgehead atoms. The molecule has 1 saturated heterocycles. The summed E-state index contributed by atoms with van der Waals surface area (Å²) in [4.78, 5) is 4.80. The normalized spacial score (nSPS) is 21.8. The van der Waals surface area contributed by atoms with Gasteiger partial charge in [-0.1, -0.05) is 0 Å². The van der Waals surface area contributed by atoms with Crippen molar-refractivity contribution in [3.63, 3.8) is 0 Å². The van der Waals surface area contributed by atoms with Crippen LogP contribution in [0.5, 0.6) is 0 Å². The third-order valence-electron chi connectivity index (χ3n) is 4.52. The van der Waals surface area contributed by atoms with Crippen LogP contribution in [-0.4, -0.2) is 22.3 Å². The summed E-state index contributed by atoms with van der Waals surface area (Å²) in [5.74, 6) is 1.16. The molecule has 1 aromatic heterocycles. The van der Waals surface area contributed by atoms with Crippen LogP contribution in [0.25, 0.3) is 11.0 Å². The third-order valence-corrected chi connectivity index (χ3v) is 4.52. The maximum atomic E-state index is 9.04. The van der Waals surface area contributed by atoms with Crippen LogP contribution in [0.1, 0.15) is 49.5 Å². The van der Waals surface area contributed by atoms with E-state index in [1.165, 1.54) is 31.2 Å². The van der Waals surface area contributed by atoms with Crippen molar-refractivity contribution in [3.05, 3.63) is 29.6 Å². The zero-order valence-corrected chi connectivity index (χ0v) is 12.1. The highest BCUT2D eigenvalue weighted by Gasteiger charge is 2.28. The van der Waals surface area contributed by atoms with E-state index in [2.05, 4.69) is 16.7 Å². The number of benzene rings is 1. The van der Waals surface area contributed by atoms with Gasteiger partial charge in [0.25, 0.3) is 0 Å². The molecule has 2 heterocycles. The predicted octanol–water partition coefficient (Wildman–Crippen LogP) is 3.35. The molecule has 0 radical (unpaired) electrons. The van der Waals surface area contributed by atoms with Crippen LogP contribution in [-0.2, 0) is 11.2 Å². The molecule has 1 unspecified atom stereocenters. The Balaban J connectivity index is 1.66. The lowest BCUT2D eigenvalue weighted by Gasteiger charge is -2.11. The number of nitrogens with zero attached hydrogens (tertiary/aromatic N) is 3. The van der Waals surface area contributed by atoms with E-state index in [0.29, 0.717) is 17.7 Å². The van der Waals surface area contributed by atoms with Crippen LogP contribution in [0, 0.1) is 11.3 Å². The van der Waals surface area contributed by atoms with Gasteiger partial charge in [-0.25, -0.2) is 4.98 Å². The number of imidazole rings is 1. The molecule has 0 N–H and O–H groups in total. The van der Waals surface area contributed by atoms with Crippen LogP contribution in [0.15, 0.2) is 18.2 Å². The number of ether oxygens (including phenoxy) is 1. The number of nitriles is 1. The van der Waals surface area contributed by atoms with E-state index in [0.717, 1.165) is 30.8 Å². The van der Waals surface area contributed by atoms with E-state index in [1.54, 1.807) is 0 Å². The van der Waals surface area contributed by atoms with Crippen molar-refractivity contribution in [1.82, 2.24) is 9.55 Å². The average molecular weight is 281 g/mol. The second-order valence-corrected chi connectivity index (χ2v) is 6.12. The van der Waals surface area contributed by atoms with E-state index in [-0.39, 0.29) is 0 Å². The average Bonchev–Trinajstić information content (AvgIpc) is 3.09. The quantitative estimate of drug-likeness (QED) is 0.863. The lowest BCUT2D eigenvalue weighted by atomic mass is 10.1. The van der Waals surface area contributed by atoms with E-state index in [1.807, 2.05) is 12.1 Å². The van der Waals surface area contributed by atoms with Crippen LogP contribution in [0.4, 0.5) is 0 Å². The van der Waals surface area contributed by atoms with Gasteiger partial charge in [-0.05, 0) is 50.3 Å². The van der Waals surface area contributed by atoms with Gasteiger partial charge in [-0.3, -0.25) is 0 Å². The van der Waals surface area contributed by atoms with Crippen LogP contribution < -0.4 is 0 Å². The van der Waals surface area contributed by atoms with E-state index in [9.17, 15) is 0 Å². The Morgan fingerprint density at radius 3 is 2.95 bits per heavy atom. The van der Waals surface area contributed by atoms with Gasteiger partial charge in [-0.2, -0.15) is 5.26 Å². The largest absolute Gasteiger partial charge is 0.378 e. The molecular weight excluding hydrogens is 262 g/mol. The van der Waals surface area contributed by atoms with Crippen molar-refractivity contribution >= 4 is 11.0 Å². The molecule has 1 aliphatic heterocycles. The molecule has 2 aliphatic rings. The smallest absolute Gasteiger partial charge is 0.110 e. The van der Waals surface area contributed by atoms with Crippen LogP contribution >= 0.6 is 0 Å². The van der Waals surface area contributed by atoms with Crippen LogP contribution in [0.3, 0.4) is 0 Å². The molecule has 2 fully saturated rings. The molecule has 21 heavy (non-hydrogen) atoms. The molecule has 0 amide bonds. The summed E-state index contributed by atoms with van der Waals surface area (Å²) in [5, 5.41) is 9.04. The minimum Gasteiger partial charge on any atom is -0.378 e. The number of rotatable bonds is 4. The first-order valence-corrected chi connectivity index (χ1v) is 7.88. The van der Waals surface area contributed by atoms with Crippen molar-refractivity contribution in [2.24, 2.45) is 0 Å². The Bertz CT molecular complexity index is 703. The molecule has 0 spiro atoms. The summed E-state index contributed by atoms with van der Waals surface area (Å²) in [6, 6.07) is 8.67. The summed E-state index contributed by atoms with van der Waals surface area (Å²) >= 11 is 0. The minimum atomic E-state index is 0.409. The van der Waals surface area contributed by atoms with Crippen molar-refractivity contribution in [2.45, 2.75) is 50.7 Å². The molecule has 4 heteroatoms. The van der Waals surface area contributed by atoms with Crippen molar-refractivity contribution in [3.8, 4) is 6.07 Å². The summed E-state index contributed by atoms with van der Waals surface area (Å²) in [6.45, 7) is 0.912. The van der Waals surface area contributed by atoms with Gasteiger partial charge in [0.05, 0.1) is 28.8 Å². The molecule has 1 aliphatic carbocycles. The zero-order valence-electron chi connectivity index (χ0n) is 12.1. The Morgan fingerprint density at radius 1 is 1.33 bits per heavy atom. The summed E-state index contributed by atoms with van der Waals surface area (Å²) in [5.41, 5.74) is 2.83. The van der Waals surface area contributed by atoms with Crippen molar-refractivity contribution in [2.75, 3.05) is 6.61 Å². The Kier molecular flexibility index (Phi) is 3.16. The van der Waals surface area contributed by atoms with Gasteiger partial charge in [0, 0.05) is 19.1 Å². The zero-order chi connectivity index (χ0) is 14.2. The first-order chi connectivity index (χ1) is 10.3. The lowest BCUT2D eigenvalue weighted by molar-refractivity contribution is 0.104. The molecule has 2 aromatic rings. The Hall–Kier alpha value is -1.86. The third kappa shape index (κ3) is 2.43. The molecule has 1 aromatic carbocycles. The molecule has 4 rings (SSSR count). The molecule has 108 valence electrons. The van der Waals surface area contributed by atoms with Crippen LogP contribution in [0.2, 0.25) is 0 Å². The van der Waals surface area contributed by atoms with Gasteiger partial charge < -0.3 is 9.30 Å². The summed E-state index contributed by atoms with van der Waals surface area (Å²) in [6.07, 6.45) is 7.31. The maximum absolute atomic E-state index is 9.04. The topological polar surface area (TPSA) is 50.8 Å². The van der Waals surface area contributed by atoms with E-state index >= 15 is 0 Å². The Morgan fingerprint density at radius 2 is 2.24 bits per heavy atom. The van der Waals surface area contributed by atoms with Gasteiger partial charge in [0.1, 0.15) is 5.82 Å². The Labute approximate surface area is 124 Å². The second kappa shape index (κ2) is 5.16. The highest BCUT2D eigenvalue weighted by molar-refractivity contribution is 5.78. The highest BCUT2D eigenvalue weighted by atomic mass is 16.5. The standard InChI is InChI=1S/C17H19N3O/c18-11-12-3-7-16-15(10-12)19-17(20(16)13-4-5-13)8-6-14-2-1-9-21-14/h3,7,10,13-14H,1-2,4-6,8-9H2. The fourth-order valence-corrected chi connectivity index (χ4v) is 3.30. The number of hydrogen-bond donors (Lipinski definition) is 0. The van der Waals surface area contributed by atoms with Gasteiger partial charge >= 0.3 is 0 Å². The fraction of sp³-hybridized carbons (Fsp3) is 0.529. The summed E-state index contributed by atoms with van der Waals surface area (Å²) < 4.78 is 8.12. The number of aryl methyl sites for hydroxylation is 1. The van der Waals surface area contributed by atoms with E-state index in [4.69, 9.17) is 15.0 Å². The SMILES string of the molecule is N#Cc1ccc2c(c1)nc(CCC1CCCO1)n2C1CC1. The lowest BCUT2D eigenvalue weighted by Crippen LogP contribution is -2.09. The molecule has 1 atom stereocenters. The van der Waals surface area contributed by atoms with Gasteiger partial charge in [0.15, 0.2) is 0 Å². The summed E-state index contributed by atoms with van der Waals surface area (Å²) in [7, 11) is 0. The van der Waals surface area contributed by atoms with Gasteiger partial charge in [-0.15, -0.1) is 0 Å². The predicted molar refractivity (Wildman–Crippen MR) is 80.0 cm³/mol. The highest BCUT2D eigenvalue weighted by Crippen LogP contribution is 2.39. The number of aromatic nitrogens is 2. The van der Waals surface area contributed by atoms with E-state index < -0.39 is 0 Å². The minimum absolute atomic E-state index is 0.409. The first kappa shape index (κ1) is 12.8. The molecule has 4 nitrogen and oxygen atoms in total. The monoisotopic (exact) mass is 281 g/mol. The van der Waals surface area contributed by atoms with Crippen molar-refractivity contribution in [1.29, 1.82) is 5.26 Å². The molecule has 1 saturated carbocycles.